The van der Waals surface area contributed by atoms with Crippen molar-refractivity contribution in [1.82, 2.24) is 0 Å². The Labute approximate surface area is 133 Å². The summed E-state index contributed by atoms with van der Waals surface area (Å²) in [6.07, 6.45) is -0.411. The monoisotopic (exact) mass is 324 g/mol. The number of benzene rings is 2. The van der Waals surface area contributed by atoms with Crippen molar-refractivity contribution in [3.05, 3.63) is 57.6 Å². The molecule has 0 aromatic heterocycles. The molecule has 0 spiro atoms. The Morgan fingerprint density at radius 2 is 2.00 bits per heavy atom. The van der Waals surface area contributed by atoms with Crippen LogP contribution in [0.4, 0.5) is 0 Å². The van der Waals surface area contributed by atoms with E-state index in [1.807, 2.05) is 6.07 Å². The second kappa shape index (κ2) is 5.76. The van der Waals surface area contributed by atoms with Gasteiger partial charge in [-0.1, -0.05) is 29.3 Å². The van der Waals surface area contributed by atoms with E-state index in [-0.39, 0.29) is 6.10 Å². The molecule has 3 rings (SSSR count). The fraction of sp³-hybridized carbons (Fsp3) is 0.250. The zero-order chi connectivity index (χ0) is 15.0. The van der Waals surface area contributed by atoms with Crippen LogP contribution in [0, 0.1) is 0 Å². The Kier molecular flexibility index (Phi) is 3.98. The summed E-state index contributed by atoms with van der Waals surface area (Å²) in [7, 11) is 1.57. The first-order valence-corrected chi connectivity index (χ1v) is 7.31. The maximum Gasteiger partial charge on any atom is 0.137 e. The molecular weight excluding hydrogens is 311 g/mol. The lowest BCUT2D eigenvalue weighted by atomic mass is 9.95. The van der Waals surface area contributed by atoms with Crippen LogP contribution in [-0.2, 0) is 0 Å². The third-order valence-electron chi connectivity index (χ3n) is 3.59. The minimum atomic E-state index is -0.613. The Morgan fingerprint density at radius 1 is 1.19 bits per heavy atom. The van der Waals surface area contributed by atoms with Gasteiger partial charge >= 0.3 is 0 Å². The van der Waals surface area contributed by atoms with Crippen molar-refractivity contribution in [3.63, 3.8) is 0 Å². The zero-order valence-electron chi connectivity index (χ0n) is 11.3. The van der Waals surface area contributed by atoms with Gasteiger partial charge < -0.3 is 14.6 Å². The van der Waals surface area contributed by atoms with Crippen molar-refractivity contribution in [3.8, 4) is 11.5 Å². The highest BCUT2D eigenvalue weighted by Gasteiger charge is 2.28. The van der Waals surface area contributed by atoms with Gasteiger partial charge in [-0.3, -0.25) is 0 Å². The molecule has 1 aliphatic rings. The van der Waals surface area contributed by atoms with Crippen molar-refractivity contribution >= 4 is 23.2 Å². The number of methoxy groups -OCH3 is 1. The van der Waals surface area contributed by atoms with Gasteiger partial charge in [0.05, 0.1) is 18.2 Å². The molecule has 0 amide bonds. The number of hydrogen-bond donors (Lipinski definition) is 1. The summed E-state index contributed by atoms with van der Waals surface area (Å²) in [5.74, 6) is 1.26. The molecule has 0 radical (unpaired) electrons. The van der Waals surface area contributed by atoms with Gasteiger partial charge in [0.15, 0.2) is 0 Å². The number of hydrogen-bond acceptors (Lipinski definition) is 3. The van der Waals surface area contributed by atoms with E-state index in [1.165, 1.54) is 0 Å². The lowest BCUT2D eigenvalue weighted by Gasteiger charge is -2.30. The van der Waals surface area contributed by atoms with Crippen molar-refractivity contribution < 1.29 is 14.6 Å². The predicted octanol–water partition coefficient (Wildman–Crippen LogP) is 4.56. The molecule has 21 heavy (non-hydrogen) atoms. The highest BCUT2D eigenvalue weighted by Crippen LogP contribution is 2.42. The van der Waals surface area contributed by atoms with Gasteiger partial charge in [0.2, 0.25) is 0 Å². The second-order valence-corrected chi connectivity index (χ2v) is 5.78. The van der Waals surface area contributed by atoms with Gasteiger partial charge in [-0.05, 0) is 35.9 Å². The Bertz CT molecular complexity index is 673. The van der Waals surface area contributed by atoms with Crippen LogP contribution in [-0.4, -0.2) is 12.2 Å². The van der Waals surface area contributed by atoms with Crippen LogP contribution in [0.5, 0.6) is 11.5 Å². The molecule has 0 bridgehead atoms. The second-order valence-electron chi connectivity index (χ2n) is 4.93. The SMILES string of the molecule is COc1ccc(C2C[C@@H](O)c3cc(Cl)ccc3O2)cc1Cl. The molecular formula is C16H14Cl2O3. The van der Waals surface area contributed by atoms with E-state index in [9.17, 15) is 5.11 Å². The van der Waals surface area contributed by atoms with Gasteiger partial charge in [0.1, 0.15) is 17.6 Å². The summed E-state index contributed by atoms with van der Waals surface area (Å²) >= 11 is 12.1. The predicted molar refractivity (Wildman–Crippen MR) is 82.4 cm³/mol. The maximum atomic E-state index is 10.3. The summed E-state index contributed by atoms with van der Waals surface area (Å²) in [4.78, 5) is 0. The van der Waals surface area contributed by atoms with Crippen LogP contribution >= 0.6 is 23.2 Å². The number of halogens is 2. The first-order valence-electron chi connectivity index (χ1n) is 6.56. The first kappa shape index (κ1) is 14.5. The quantitative estimate of drug-likeness (QED) is 0.880. The standard InChI is InChI=1S/C16H14Cl2O3/c1-20-15-4-2-9(6-12(15)18)16-8-13(19)11-7-10(17)3-5-14(11)21-16/h2-7,13,16,19H,8H2,1H3/t13-,16?/m1/s1. The molecule has 2 aromatic carbocycles. The molecule has 0 saturated carbocycles. The van der Waals surface area contributed by atoms with Crippen LogP contribution in [0.1, 0.15) is 29.8 Å². The van der Waals surface area contributed by atoms with Crippen molar-refractivity contribution in [2.45, 2.75) is 18.6 Å². The molecule has 1 aliphatic heterocycles. The molecule has 1 N–H and O–H groups in total. The Balaban J connectivity index is 1.92. The molecule has 0 saturated heterocycles. The molecule has 0 aliphatic carbocycles. The minimum absolute atomic E-state index is 0.253. The lowest BCUT2D eigenvalue weighted by Crippen LogP contribution is -2.19. The molecule has 2 aromatic rings. The summed E-state index contributed by atoms with van der Waals surface area (Å²) < 4.78 is 11.1. The molecule has 110 valence electrons. The molecule has 3 nitrogen and oxygen atoms in total. The fourth-order valence-electron chi connectivity index (χ4n) is 2.51. The first-order chi connectivity index (χ1) is 10.1. The average Bonchev–Trinajstić information content (AvgIpc) is 2.47. The smallest absolute Gasteiger partial charge is 0.137 e. The number of ether oxygens (including phenoxy) is 2. The molecule has 1 unspecified atom stereocenters. The van der Waals surface area contributed by atoms with Crippen LogP contribution in [0.15, 0.2) is 36.4 Å². The number of aliphatic hydroxyl groups excluding tert-OH is 1. The van der Waals surface area contributed by atoms with E-state index in [0.29, 0.717) is 28.0 Å². The largest absolute Gasteiger partial charge is 0.495 e. The Morgan fingerprint density at radius 3 is 2.71 bits per heavy atom. The number of fused-ring (bicyclic) bond motifs is 1. The van der Waals surface area contributed by atoms with E-state index >= 15 is 0 Å². The minimum Gasteiger partial charge on any atom is -0.495 e. The normalized spacial score (nSPS) is 20.6. The van der Waals surface area contributed by atoms with Gasteiger partial charge in [-0.15, -0.1) is 0 Å². The van der Waals surface area contributed by atoms with Crippen LogP contribution in [0.2, 0.25) is 10.0 Å². The highest BCUT2D eigenvalue weighted by molar-refractivity contribution is 6.32. The average molecular weight is 325 g/mol. The van der Waals surface area contributed by atoms with Crippen LogP contribution in [0.3, 0.4) is 0 Å². The fourth-order valence-corrected chi connectivity index (χ4v) is 2.95. The van der Waals surface area contributed by atoms with Gasteiger partial charge in [0, 0.05) is 17.0 Å². The number of rotatable bonds is 2. The Hall–Kier alpha value is -1.42. The summed E-state index contributed by atoms with van der Waals surface area (Å²) in [6, 6.07) is 10.7. The van der Waals surface area contributed by atoms with E-state index in [4.69, 9.17) is 32.7 Å². The van der Waals surface area contributed by atoms with E-state index in [0.717, 1.165) is 11.1 Å². The maximum absolute atomic E-state index is 10.3. The van der Waals surface area contributed by atoms with E-state index in [2.05, 4.69) is 0 Å². The molecule has 1 heterocycles. The topological polar surface area (TPSA) is 38.7 Å². The molecule has 5 heteroatoms. The molecule has 0 fully saturated rings. The van der Waals surface area contributed by atoms with Gasteiger partial charge in [0.25, 0.3) is 0 Å². The lowest BCUT2D eigenvalue weighted by molar-refractivity contribution is 0.0657. The molecule has 2 atom stereocenters. The zero-order valence-corrected chi connectivity index (χ0v) is 12.9. The third-order valence-corrected chi connectivity index (χ3v) is 4.12. The van der Waals surface area contributed by atoms with Crippen LogP contribution < -0.4 is 9.47 Å². The number of aliphatic hydroxyl groups is 1. The van der Waals surface area contributed by atoms with Crippen molar-refractivity contribution in [1.29, 1.82) is 0 Å². The van der Waals surface area contributed by atoms with E-state index < -0.39 is 6.10 Å². The van der Waals surface area contributed by atoms with E-state index in [1.54, 1.807) is 37.4 Å². The summed E-state index contributed by atoms with van der Waals surface area (Å²) in [5.41, 5.74) is 1.62. The van der Waals surface area contributed by atoms with Gasteiger partial charge in [-0.25, -0.2) is 0 Å². The summed E-state index contributed by atoms with van der Waals surface area (Å²) in [5, 5.41) is 11.4. The van der Waals surface area contributed by atoms with Crippen molar-refractivity contribution in [2.24, 2.45) is 0 Å². The van der Waals surface area contributed by atoms with Crippen LogP contribution in [0.25, 0.3) is 0 Å². The third kappa shape index (κ3) is 2.82. The van der Waals surface area contributed by atoms with Gasteiger partial charge in [-0.2, -0.15) is 0 Å². The summed E-state index contributed by atoms with van der Waals surface area (Å²) in [6.45, 7) is 0. The highest BCUT2D eigenvalue weighted by atomic mass is 35.5. The van der Waals surface area contributed by atoms with Crippen molar-refractivity contribution in [2.75, 3.05) is 7.11 Å².